The normalized spacial score (nSPS) is 11.1. The maximum atomic E-state index is 12.4. The van der Waals surface area contributed by atoms with Gasteiger partial charge in [0.05, 0.1) is 0 Å². The minimum atomic E-state index is -0.674. The Labute approximate surface area is 119 Å². The molecule has 0 radical (unpaired) electrons. The highest BCUT2D eigenvalue weighted by molar-refractivity contribution is 5.70. The molecule has 21 heavy (non-hydrogen) atoms. The second-order valence-electron chi connectivity index (χ2n) is 4.73. The molecule has 0 amide bonds. The van der Waals surface area contributed by atoms with Crippen LogP contribution in [0.3, 0.4) is 0 Å². The fourth-order valence-electron chi connectivity index (χ4n) is 2.37. The highest BCUT2D eigenvalue weighted by Gasteiger charge is 2.21. The van der Waals surface area contributed by atoms with E-state index in [-0.39, 0.29) is 5.52 Å². The van der Waals surface area contributed by atoms with Crippen molar-refractivity contribution in [3.63, 3.8) is 0 Å². The molecule has 2 heterocycles. The summed E-state index contributed by atoms with van der Waals surface area (Å²) in [6.45, 7) is 2.35. The van der Waals surface area contributed by atoms with E-state index in [1.54, 1.807) is 24.3 Å². The average molecular weight is 286 g/mol. The Morgan fingerprint density at radius 2 is 1.95 bits per heavy atom. The molecule has 0 spiro atoms. The van der Waals surface area contributed by atoms with Crippen molar-refractivity contribution in [2.24, 2.45) is 0 Å². The third-order valence-electron chi connectivity index (χ3n) is 3.31. The van der Waals surface area contributed by atoms with E-state index in [9.17, 15) is 14.8 Å². The first-order chi connectivity index (χ1) is 10.1. The molecule has 108 valence electrons. The van der Waals surface area contributed by atoms with Gasteiger partial charge >= 0.3 is 16.8 Å². The molecule has 0 aliphatic carbocycles. The maximum Gasteiger partial charge on any atom is 0.332 e. The van der Waals surface area contributed by atoms with E-state index in [2.05, 4.69) is 4.98 Å². The zero-order valence-electron chi connectivity index (χ0n) is 11.4. The van der Waals surface area contributed by atoms with E-state index in [1.165, 1.54) is 15.4 Å². The monoisotopic (exact) mass is 286 g/mol. The van der Waals surface area contributed by atoms with E-state index in [0.29, 0.717) is 22.6 Å². The van der Waals surface area contributed by atoms with Crippen molar-refractivity contribution < 1.29 is 4.85 Å². The molecule has 0 bridgehead atoms. The molecule has 0 aliphatic heterocycles. The summed E-state index contributed by atoms with van der Waals surface area (Å²) in [5.74, 6) is 0. The average Bonchev–Trinajstić information content (AvgIpc) is 2.82. The fraction of sp³-hybridized carbons (Fsp3) is 0.214. The van der Waals surface area contributed by atoms with Crippen LogP contribution in [0.1, 0.15) is 13.3 Å². The summed E-state index contributed by atoms with van der Waals surface area (Å²) in [6.07, 6.45) is 2.24. The number of aryl methyl sites for hydroxylation is 1. The van der Waals surface area contributed by atoms with E-state index < -0.39 is 11.2 Å². The van der Waals surface area contributed by atoms with Gasteiger partial charge in [-0.25, -0.2) is 4.79 Å². The second-order valence-corrected chi connectivity index (χ2v) is 4.73. The molecular weight excluding hydrogens is 272 g/mol. The molecule has 0 saturated heterocycles. The molecule has 1 aromatic carbocycles. The van der Waals surface area contributed by atoms with Crippen LogP contribution in [0.2, 0.25) is 0 Å². The number of benzene rings is 1. The number of rotatable bonds is 3. The van der Waals surface area contributed by atoms with Gasteiger partial charge in [0.2, 0.25) is 0 Å². The van der Waals surface area contributed by atoms with Crippen molar-refractivity contribution in [2.45, 2.75) is 19.9 Å². The molecule has 0 fully saturated rings. The first-order valence-electron chi connectivity index (χ1n) is 6.67. The lowest BCUT2D eigenvalue weighted by Gasteiger charge is -2.02. The Morgan fingerprint density at radius 1 is 1.24 bits per heavy atom. The Hall–Kier alpha value is -2.83. The molecule has 0 aliphatic rings. The molecular formula is C14H14N4O3. The molecule has 0 unspecified atom stereocenters. The zero-order valence-corrected chi connectivity index (χ0v) is 11.4. The van der Waals surface area contributed by atoms with Gasteiger partial charge in [-0.05, 0) is 18.6 Å². The van der Waals surface area contributed by atoms with Gasteiger partial charge in [0.1, 0.15) is 11.9 Å². The summed E-state index contributed by atoms with van der Waals surface area (Å²) < 4.78 is 2.72. The number of nitrogens with zero attached hydrogens (tertiary/aromatic N) is 3. The number of para-hydroxylation sites is 1. The summed E-state index contributed by atoms with van der Waals surface area (Å²) in [6, 6.07) is 8.93. The smallest absolute Gasteiger partial charge is 0.332 e. The molecule has 0 saturated carbocycles. The topological polar surface area (TPSA) is 86.7 Å². The standard InChI is InChI=1S/C14H14N4O3/c1-2-8-16-11-9-17(10-6-4-3-5-7-10)18(21)12(11)13(19)15-14(16)20/h3-7,9H,2,8H2,1H3,(H,15,19,20). The number of aromatic nitrogens is 4. The van der Waals surface area contributed by atoms with Crippen LogP contribution in [0.25, 0.3) is 16.7 Å². The third-order valence-corrected chi connectivity index (χ3v) is 3.31. The van der Waals surface area contributed by atoms with Crippen LogP contribution in [-0.4, -0.2) is 14.2 Å². The summed E-state index contributed by atoms with van der Waals surface area (Å²) >= 11 is 0. The van der Waals surface area contributed by atoms with Crippen LogP contribution in [0.5, 0.6) is 0 Å². The third kappa shape index (κ3) is 2.03. The lowest BCUT2D eigenvalue weighted by Crippen LogP contribution is -2.41. The lowest BCUT2D eigenvalue weighted by molar-refractivity contribution is -0.659. The first kappa shape index (κ1) is 13.2. The van der Waals surface area contributed by atoms with E-state index >= 15 is 0 Å². The van der Waals surface area contributed by atoms with Gasteiger partial charge in [0.25, 0.3) is 0 Å². The van der Waals surface area contributed by atoms with Crippen LogP contribution in [0, 0.1) is 5.21 Å². The van der Waals surface area contributed by atoms with Gasteiger partial charge in [-0.1, -0.05) is 30.0 Å². The molecule has 2 aromatic heterocycles. The Balaban J connectivity index is 2.39. The number of hydrogen-bond donors (Lipinski definition) is 1. The molecule has 3 rings (SSSR count). The van der Waals surface area contributed by atoms with Crippen molar-refractivity contribution in [1.82, 2.24) is 14.2 Å². The molecule has 7 heteroatoms. The number of aromatic amines is 1. The number of fused-ring (bicyclic) bond motifs is 1. The van der Waals surface area contributed by atoms with Gasteiger partial charge < -0.3 is 5.21 Å². The first-order valence-corrected chi connectivity index (χ1v) is 6.67. The molecule has 7 nitrogen and oxygen atoms in total. The van der Waals surface area contributed by atoms with Crippen LogP contribution < -0.4 is 16.1 Å². The summed E-state index contributed by atoms with van der Waals surface area (Å²) in [4.78, 5) is 26.5. The van der Waals surface area contributed by atoms with Crippen LogP contribution in [0.4, 0.5) is 0 Å². The quantitative estimate of drug-likeness (QED) is 0.562. The minimum Gasteiger partial charge on any atom is -0.595 e. The fourth-order valence-corrected chi connectivity index (χ4v) is 2.37. The van der Waals surface area contributed by atoms with Gasteiger partial charge in [-0.15, -0.1) is 4.68 Å². The van der Waals surface area contributed by atoms with Crippen LogP contribution in [0.15, 0.2) is 46.1 Å². The molecule has 3 aromatic rings. The van der Waals surface area contributed by atoms with Crippen molar-refractivity contribution in [1.29, 1.82) is 0 Å². The summed E-state index contributed by atoms with van der Waals surface area (Å²) in [5.41, 5.74) is -0.276. The number of nitrogens with one attached hydrogen (secondary N) is 1. The van der Waals surface area contributed by atoms with Crippen molar-refractivity contribution in [3.8, 4) is 5.69 Å². The second kappa shape index (κ2) is 4.93. The number of H-pyrrole nitrogens is 1. The highest BCUT2D eigenvalue weighted by atomic mass is 16.5. The molecule has 0 atom stereocenters. The van der Waals surface area contributed by atoms with E-state index in [4.69, 9.17) is 0 Å². The molecule has 1 N–H and O–H groups in total. The van der Waals surface area contributed by atoms with Crippen LogP contribution >= 0.6 is 0 Å². The van der Waals surface area contributed by atoms with Gasteiger partial charge in [0.15, 0.2) is 5.52 Å². The Kier molecular flexibility index (Phi) is 3.09. The predicted molar refractivity (Wildman–Crippen MR) is 77.4 cm³/mol. The van der Waals surface area contributed by atoms with Crippen LogP contribution in [-0.2, 0) is 6.54 Å². The van der Waals surface area contributed by atoms with E-state index in [0.717, 1.165) is 6.42 Å². The largest absolute Gasteiger partial charge is 0.595 e. The lowest BCUT2D eigenvalue weighted by atomic mass is 10.3. The van der Waals surface area contributed by atoms with Crippen molar-refractivity contribution in [3.05, 3.63) is 62.6 Å². The Morgan fingerprint density at radius 3 is 2.62 bits per heavy atom. The van der Waals surface area contributed by atoms with Gasteiger partial charge in [-0.3, -0.25) is 14.3 Å². The summed E-state index contributed by atoms with van der Waals surface area (Å²) in [5, 5.41) is 12.4. The zero-order chi connectivity index (χ0) is 15.0. The minimum absolute atomic E-state index is 0.0631. The Bertz CT molecular complexity index is 906. The van der Waals surface area contributed by atoms with Gasteiger partial charge in [-0.2, -0.15) is 0 Å². The number of hydrogen-bond acceptors (Lipinski definition) is 3. The van der Waals surface area contributed by atoms with Crippen molar-refractivity contribution in [2.75, 3.05) is 0 Å². The maximum absolute atomic E-state index is 12.4. The van der Waals surface area contributed by atoms with E-state index in [1.807, 2.05) is 13.0 Å². The SMILES string of the molecule is CCCn1c(=O)[nH]c(=O)c2c1cn(-c1ccccc1)[n+]2[O-]. The van der Waals surface area contributed by atoms with Gasteiger partial charge in [0, 0.05) is 6.54 Å². The highest BCUT2D eigenvalue weighted by Crippen LogP contribution is 2.10. The summed E-state index contributed by atoms with van der Waals surface area (Å²) in [7, 11) is 0. The van der Waals surface area contributed by atoms with Crippen molar-refractivity contribution >= 4 is 11.0 Å². The predicted octanol–water partition coefficient (Wildman–Crippen LogP) is 0.524.